The second-order valence-electron chi connectivity index (χ2n) is 5.04. The van der Waals surface area contributed by atoms with Crippen LogP contribution in [0.4, 0.5) is 5.69 Å². The monoisotopic (exact) mass is 325 g/mol. The molecule has 114 valence electrons. The number of benzene rings is 1. The molecule has 0 aliphatic carbocycles. The van der Waals surface area contributed by atoms with Crippen LogP contribution in [0.15, 0.2) is 34.7 Å². The number of thiazole rings is 1. The third kappa shape index (κ3) is 3.42. The molecule has 1 aromatic heterocycles. The van der Waals surface area contributed by atoms with E-state index in [1.54, 1.807) is 13.0 Å². The van der Waals surface area contributed by atoms with Crippen molar-refractivity contribution in [2.24, 2.45) is 0 Å². The van der Waals surface area contributed by atoms with E-state index in [4.69, 9.17) is 5.73 Å². The van der Waals surface area contributed by atoms with E-state index >= 15 is 0 Å². The van der Waals surface area contributed by atoms with Crippen LogP contribution in [-0.2, 0) is 16.6 Å². The summed E-state index contributed by atoms with van der Waals surface area (Å²) in [5.41, 5.74) is 7.32. The number of para-hydroxylation sites is 1. The SMILES string of the molecule is Cc1ncc(S(=O)(=O)N(Cc2ccccc2N)C(C)C)s1. The molecule has 1 aromatic carbocycles. The van der Waals surface area contributed by atoms with Gasteiger partial charge < -0.3 is 5.73 Å². The lowest BCUT2D eigenvalue weighted by Gasteiger charge is -2.25. The minimum Gasteiger partial charge on any atom is -0.398 e. The van der Waals surface area contributed by atoms with Crippen molar-refractivity contribution in [1.29, 1.82) is 0 Å². The Hall–Kier alpha value is -1.44. The number of anilines is 1. The molecule has 0 atom stereocenters. The van der Waals surface area contributed by atoms with Crippen molar-refractivity contribution < 1.29 is 8.42 Å². The first-order valence-corrected chi connectivity index (χ1v) is 8.85. The van der Waals surface area contributed by atoms with Gasteiger partial charge in [-0.3, -0.25) is 0 Å². The number of hydrogen-bond donors (Lipinski definition) is 1. The number of nitrogens with zero attached hydrogens (tertiary/aromatic N) is 2. The highest BCUT2D eigenvalue weighted by Gasteiger charge is 2.29. The fourth-order valence-electron chi connectivity index (χ4n) is 1.97. The van der Waals surface area contributed by atoms with Gasteiger partial charge in [0.25, 0.3) is 10.0 Å². The Morgan fingerprint density at radius 3 is 2.52 bits per heavy atom. The number of aromatic nitrogens is 1. The summed E-state index contributed by atoms with van der Waals surface area (Å²) < 4.78 is 27.2. The third-order valence-electron chi connectivity index (χ3n) is 3.12. The molecular formula is C14H19N3O2S2. The number of nitrogens with two attached hydrogens (primary N) is 1. The summed E-state index contributed by atoms with van der Waals surface area (Å²) >= 11 is 1.18. The van der Waals surface area contributed by atoms with E-state index in [0.29, 0.717) is 5.69 Å². The molecule has 2 aromatic rings. The van der Waals surface area contributed by atoms with Gasteiger partial charge in [0.2, 0.25) is 0 Å². The Bertz CT molecular complexity index is 723. The Labute approximate surface area is 129 Å². The van der Waals surface area contributed by atoms with Crippen molar-refractivity contribution in [2.45, 2.75) is 37.6 Å². The van der Waals surface area contributed by atoms with Crippen molar-refractivity contribution in [3.8, 4) is 0 Å². The van der Waals surface area contributed by atoms with E-state index in [9.17, 15) is 8.42 Å². The first-order valence-electron chi connectivity index (χ1n) is 6.60. The van der Waals surface area contributed by atoms with Crippen LogP contribution in [0.25, 0.3) is 0 Å². The summed E-state index contributed by atoms with van der Waals surface area (Å²) in [6.07, 6.45) is 1.42. The topological polar surface area (TPSA) is 76.3 Å². The fourth-order valence-corrected chi connectivity index (χ4v) is 4.82. The molecule has 0 bridgehead atoms. The van der Waals surface area contributed by atoms with Crippen molar-refractivity contribution >= 4 is 27.0 Å². The molecule has 7 heteroatoms. The Morgan fingerprint density at radius 2 is 2.00 bits per heavy atom. The maximum atomic E-state index is 12.8. The molecule has 0 aliphatic rings. The minimum atomic E-state index is -3.56. The van der Waals surface area contributed by atoms with Crippen LogP contribution in [0.1, 0.15) is 24.4 Å². The Balaban J connectivity index is 2.38. The maximum absolute atomic E-state index is 12.8. The molecular weight excluding hydrogens is 306 g/mol. The summed E-state index contributed by atoms with van der Waals surface area (Å²) in [6, 6.07) is 7.14. The van der Waals surface area contributed by atoms with Crippen LogP contribution >= 0.6 is 11.3 Å². The first kappa shape index (κ1) is 15.9. The van der Waals surface area contributed by atoms with Gasteiger partial charge in [-0.05, 0) is 32.4 Å². The second-order valence-corrected chi connectivity index (χ2v) is 8.39. The van der Waals surface area contributed by atoms with Crippen LogP contribution in [0.2, 0.25) is 0 Å². The molecule has 0 amide bonds. The van der Waals surface area contributed by atoms with E-state index in [0.717, 1.165) is 10.6 Å². The van der Waals surface area contributed by atoms with E-state index in [-0.39, 0.29) is 16.8 Å². The molecule has 0 saturated heterocycles. The number of aryl methyl sites for hydroxylation is 1. The molecule has 2 N–H and O–H groups in total. The zero-order valence-corrected chi connectivity index (χ0v) is 13.9. The minimum absolute atomic E-state index is 0.169. The molecule has 2 rings (SSSR count). The van der Waals surface area contributed by atoms with Crippen LogP contribution in [0.3, 0.4) is 0 Å². The molecule has 0 saturated carbocycles. The van der Waals surface area contributed by atoms with Gasteiger partial charge in [0, 0.05) is 18.3 Å². The Morgan fingerprint density at radius 1 is 1.33 bits per heavy atom. The standard InChI is InChI=1S/C14H19N3O2S2/c1-10(2)17(9-12-6-4-5-7-13(12)15)21(18,19)14-8-16-11(3)20-14/h4-8,10H,9,15H2,1-3H3. The normalized spacial score (nSPS) is 12.2. The van der Waals surface area contributed by atoms with Gasteiger partial charge in [-0.2, -0.15) is 4.31 Å². The summed E-state index contributed by atoms with van der Waals surface area (Å²) in [5.74, 6) is 0. The molecule has 0 unspecified atom stereocenters. The van der Waals surface area contributed by atoms with Gasteiger partial charge in [0.15, 0.2) is 4.21 Å². The average Bonchev–Trinajstić information content (AvgIpc) is 2.84. The van der Waals surface area contributed by atoms with Crippen molar-refractivity contribution in [3.63, 3.8) is 0 Å². The van der Waals surface area contributed by atoms with E-state index in [2.05, 4.69) is 4.98 Å². The van der Waals surface area contributed by atoms with Crippen LogP contribution < -0.4 is 5.73 Å². The first-order chi connectivity index (χ1) is 9.82. The highest BCUT2D eigenvalue weighted by molar-refractivity contribution is 7.91. The van der Waals surface area contributed by atoms with E-state index in [1.807, 2.05) is 32.0 Å². The van der Waals surface area contributed by atoms with Gasteiger partial charge >= 0.3 is 0 Å². The van der Waals surface area contributed by atoms with Gasteiger partial charge in [0.05, 0.1) is 11.2 Å². The number of rotatable bonds is 5. The van der Waals surface area contributed by atoms with E-state index in [1.165, 1.54) is 21.8 Å². The van der Waals surface area contributed by atoms with Gasteiger partial charge in [-0.25, -0.2) is 13.4 Å². The van der Waals surface area contributed by atoms with Gasteiger partial charge in [-0.1, -0.05) is 18.2 Å². The predicted octanol–water partition coefficient (Wildman–Crippen LogP) is 2.63. The highest BCUT2D eigenvalue weighted by Crippen LogP contribution is 2.26. The number of nitrogen functional groups attached to an aromatic ring is 1. The largest absolute Gasteiger partial charge is 0.398 e. The van der Waals surface area contributed by atoms with Crippen LogP contribution in [0.5, 0.6) is 0 Å². The smallest absolute Gasteiger partial charge is 0.254 e. The van der Waals surface area contributed by atoms with Crippen LogP contribution in [0, 0.1) is 6.92 Å². The average molecular weight is 325 g/mol. The zero-order chi connectivity index (χ0) is 15.6. The molecule has 21 heavy (non-hydrogen) atoms. The molecule has 0 aliphatic heterocycles. The lowest BCUT2D eigenvalue weighted by atomic mass is 10.2. The van der Waals surface area contributed by atoms with Crippen LogP contribution in [-0.4, -0.2) is 23.7 Å². The quantitative estimate of drug-likeness (QED) is 0.857. The van der Waals surface area contributed by atoms with E-state index < -0.39 is 10.0 Å². The summed E-state index contributed by atoms with van der Waals surface area (Å²) in [6.45, 7) is 5.75. The lowest BCUT2D eigenvalue weighted by molar-refractivity contribution is 0.349. The van der Waals surface area contributed by atoms with Gasteiger partial charge in [0.1, 0.15) is 0 Å². The number of hydrogen-bond acceptors (Lipinski definition) is 5. The number of sulfonamides is 1. The zero-order valence-electron chi connectivity index (χ0n) is 12.3. The third-order valence-corrected chi connectivity index (χ3v) is 6.49. The Kier molecular flexibility index (Phi) is 4.65. The second kappa shape index (κ2) is 6.13. The molecule has 0 fully saturated rings. The van der Waals surface area contributed by atoms with Crippen molar-refractivity contribution in [2.75, 3.05) is 5.73 Å². The van der Waals surface area contributed by atoms with Crippen molar-refractivity contribution in [1.82, 2.24) is 9.29 Å². The summed E-state index contributed by atoms with van der Waals surface area (Å²) in [5, 5.41) is 0.733. The predicted molar refractivity (Wildman–Crippen MR) is 85.6 cm³/mol. The lowest BCUT2D eigenvalue weighted by Crippen LogP contribution is -2.36. The highest BCUT2D eigenvalue weighted by atomic mass is 32.2. The van der Waals surface area contributed by atoms with Crippen molar-refractivity contribution in [3.05, 3.63) is 41.0 Å². The molecule has 1 heterocycles. The van der Waals surface area contributed by atoms with Gasteiger partial charge in [-0.15, -0.1) is 11.3 Å². The maximum Gasteiger partial charge on any atom is 0.254 e. The summed E-state index contributed by atoms with van der Waals surface area (Å²) in [4.78, 5) is 4.04. The molecule has 0 spiro atoms. The molecule has 0 radical (unpaired) electrons. The molecule has 5 nitrogen and oxygen atoms in total. The fraction of sp³-hybridized carbons (Fsp3) is 0.357. The summed E-state index contributed by atoms with van der Waals surface area (Å²) in [7, 11) is -3.56.